The molecule has 1 aromatic carbocycles. The number of nitrogens with zero attached hydrogens (tertiary/aromatic N) is 2. The number of hydrogen-bond donors (Lipinski definition) is 1. The molecule has 17 nitrogen and oxygen atoms in total. The third-order valence-corrected chi connectivity index (χ3v) is 8.19. The Hall–Kier alpha value is -2.58. The fourth-order valence-corrected chi connectivity index (χ4v) is 5.14. The van der Waals surface area contributed by atoms with Crippen LogP contribution in [0.25, 0.3) is 0 Å². The molecular weight excluding hydrogens is 734 g/mol. The van der Waals surface area contributed by atoms with E-state index in [1.54, 1.807) is 0 Å². The van der Waals surface area contributed by atoms with Crippen LogP contribution in [0.5, 0.6) is 0 Å². The van der Waals surface area contributed by atoms with Crippen molar-refractivity contribution >= 4 is 17.1 Å². The molecule has 0 radical (unpaired) electrons. The van der Waals surface area contributed by atoms with Crippen molar-refractivity contribution in [2.45, 2.75) is 77.6 Å². The van der Waals surface area contributed by atoms with E-state index in [2.05, 4.69) is 12.2 Å². The normalized spacial score (nSPS) is 11.4. The van der Waals surface area contributed by atoms with E-state index < -0.39 is 9.85 Å². The molecule has 56 heavy (non-hydrogen) atoms. The Kier molecular flexibility index (Phi) is 37.3. The van der Waals surface area contributed by atoms with Crippen LogP contribution in [-0.4, -0.2) is 149 Å². The summed E-state index contributed by atoms with van der Waals surface area (Å²) in [6.45, 7) is 12.3. The second-order valence-corrected chi connectivity index (χ2v) is 12.8. The summed E-state index contributed by atoms with van der Waals surface area (Å²) in [6, 6.07) is 3.44. The third kappa shape index (κ3) is 33.5. The first-order valence-electron chi connectivity index (χ1n) is 20.5. The molecule has 0 atom stereocenters. The molecule has 0 fully saturated rings. The van der Waals surface area contributed by atoms with Crippen molar-refractivity contribution < 1.29 is 57.2 Å². The van der Waals surface area contributed by atoms with Gasteiger partial charge in [-0.3, -0.25) is 20.2 Å². The Morgan fingerprint density at radius 1 is 0.429 bits per heavy atom. The third-order valence-electron chi connectivity index (χ3n) is 8.19. The van der Waals surface area contributed by atoms with E-state index >= 15 is 0 Å². The SMILES string of the molecule is CCCCCCCCCCCCCOCCOCCOCCOCCOCCOCCOCCOCCOCCOCCNc1ccc([N+](=O)[O-])cc1[N+](=O)[O-]. The van der Waals surface area contributed by atoms with Crippen molar-refractivity contribution in [1.29, 1.82) is 0 Å². The molecule has 1 rings (SSSR count). The van der Waals surface area contributed by atoms with Gasteiger partial charge >= 0.3 is 0 Å². The molecule has 0 unspecified atom stereocenters. The molecule has 0 aliphatic carbocycles. The number of unbranched alkanes of at least 4 members (excludes halogenated alkanes) is 10. The molecule has 1 N–H and O–H groups in total. The molecule has 0 saturated carbocycles. The molecule has 0 aliphatic heterocycles. The Bertz CT molecular complexity index is 1040. The van der Waals surface area contributed by atoms with Crippen molar-refractivity contribution in [1.82, 2.24) is 0 Å². The van der Waals surface area contributed by atoms with E-state index in [1.807, 2.05) is 0 Å². The van der Waals surface area contributed by atoms with Crippen LogP contribution in [0, 0.1) is 20.2 Å². The van der Waals surface area contributed by atoms with Crippen LogP contribution in [-0.2, 0) is 47.4 Å². The maximum absolute atomic E-state index is 11.2. The summed E-state index contributed by atoms with van der Waals surface area (Å²) in [7, 11) is 0. The Morgan fingerprint density at radius 2 is 0.750 bits per heavy atom. The number of nitro benzene ring substituents is 2. The monoisotopic (exact) mass is 805 g/mol. The number of anilines is 1. The maximum Gasteiger partial charge on any atom is 0.299 e. The smallest absolute Gasteiger partial charge is 0.299 e. The van der Waals surface area contributed by atoms with Crippen molar-refractivity contribution in [2.75, 3.05) is 144 Å². The summed E-state index contributed by atoms with van der Waals surface area (Å²) in [5, 5.41) is 24.8. The van der Waals surface area contributed by atoms with E-state index in [0.717, 1.165) is 19.1 Å². The van der Waals surface area contributed by atoms with Crippen molar-refractivity contribution in [3.05, 3.63) is 38.4 Å². The van der Waals surface area contributed by atoms with Crippen LogP contribution < -0.4 is 5.32 Å². The number of ether oxygens (including phenoxy) is 10. The number of nitrogens with one attached hydrogen (secondary N) is 1. The first-order valence-corrected chi connectivity index (χ1v) is 20.5. The maximum atomic E-state index is 11.2. The largest absolute Gasteiger partial charge is 0.379 e. The minimum Gasteiger partial charge on any atom is -0.379 e. The van der Waals surface area contributed by atoms with Crippen LogP contribution in [0.15, 0.2) is 18.2 Å². The quantitative estimate of drug-likeness (QED) is 0.0433. The molecule has 1 aromatic rings. The average molecular weight is 806 g/mol. The van der Waals surface area contributed by atoms with Gasteiger partial charge in [0, 0.05) is 19.2 Å². The van der Waals surface area contributed by atoms with Gasteiger partial charge in [0.25, 0.3) is 11.4 Å². The molecule has 326 valence electrons. The summed E-state index contributed by atoms with van der Waals surface area (Å²) < 4.78 is 55.0. The van der Waals surface area contributed by atoms with Crippen molar-refractivity contribution in [2.24, 2.45) is 0 Å². The molecule has 0 aliphatic rings. The van der Waals surface area contributed by atoms with Crippen molar-refractivity contribution in [3.8, 4) is 0 Å². The van der Waals surface area contributed by atoms with E-state index in [-0.39, 0.29) is 23.7 Å². The standard InChI is InChI=1S/C39H71N3O14/c1-2-3-4-5-6-7-8-9-10-11-12-16-47-18-20-49-22-24-51-26-28-53-30-32-55-34-35-56-33-31-54-29-27-52-25-23-50-21-19-48-17-15-40-38-14-13-37(41(43)44)36-39(38)42(45)46/h13-14,36,40H,2-12,15-35H2,1H3. The van der Waals surface area contributed by atoms with E-state index in [4.69, 9.17) is 47.4 Å². The van der Waals surface area contributed by atoms with Gasteiger partial charge in [0.05, 0.1) is 141 Å². The van der Waals surface area contributed by atoms with Crippen LogP contribution in [0.3, 0.4) is 0 Å². The molecule has 0 heterocycles. The second kappa shape index (κ2) is 40.6. The topological polar surface area (TPSA) is 191 Å². The lowest BCUT2D eigenvalue weighted by Gasteiger charge is -2.09. The summed E-state index contributed by atoms with van der Waals surface area (Å²) in [6.07, 6.45) is 14.8. The van der Waals surface area contributed by atoms with Gasteiger partial charge in [0.1, 0.15) is 5.69 Å². The predicted octanol–water partition coefficient (Wildman–Crippen LogP) is 6.39. The molecular formula is C39H71N3O14. The molecule has 0 spiro atoms. The van der Waals surface area contributed by atoms with E-state index in [1.165, 1.54) is 76.3 Å². The van der Waals surface area contributed by atoms with E-state index in [0.29, 0.717) is 125 Å². The van der Waals surface area contributed by atoms with Crippen LogP contribution in [0.4, 0.5) is 17.1 Å². The second-order valence-electron chi connectivity index (χ2n) is 12.8. The number of benzene rings is 1. The zero-order valence-electron chi connectivity index (χ0n) is 34.0. The van der Waals surface area contributed by atoms with Gasteiger partial charge in [0.2, 0.25) is 0 Å². The minimum atomic E-state index is -0.678. The van der Waals surface area contributed by atoms with E-state index in [9.17, 15) is 20.2 Å². The first-order chi connectivity index (χ1) is 27.6. The van der Waals surface area contributed by atoms with Gasteiger partial charge in [-0.1, -0.05) is 71.1 Å². The first kappa shape index (κ1) is 51.4. The highest BCUT2D eigenvalue weighted by atomic mass is 16.6. The predicted molar refractivity (Wildman–Crippen MR) is 213 cm³/mol. The minimum absolute atomic E-state index is 0.189. The van der Waals surface area contributed by atoms with Gasteiger partial charge in [-0.05, 0) is 12.5 Å². The lowest BCUT2D eigenvalue weighted by molar-refractivity contribution is -0.393. The lowest BCUT2D eigenvalue weighted by atomic mass is 10.1. The fraction of sp³-hybridized carbons (Fsp3) is 0.846. The lowest BCUT2D eigenvalue weighted by Crippen LogP contribution is -2.16. The van der Waals surface area contributed by atoms with Crippen LogP contribution in [0.2, 0.25) is 0 Å². The number of nitro groups is 2. The summed E-state index contributed by atoms with van der Waals surface area (Å²) in [5.41, 5.74) is -0.518. The Morgan fingerprint density at radius 3 is 1.09 bits per heavy atom. The highest BCUT2D eigenvalue weighted by Crippen LogP contribution is 2.28. The number of rotatable bonds is 45. The highest BCUT2D eigenvalue weighted by Gasteiger charge is 2.19. The van der Waals surface area contributed by atoms with Gasteiger partial charge < -0.3 is 52.7 Å². The molecule has 0 amide bonds. The van der Waals surface area contributed by atoms with Gasteiger partial charge in [-0.25, -0.2) is 0 Å². The molecule has 0 saturated heterocycles. The number of hydrogen-bond acceptors (Lipinski definition) is 15. The van der Waals surface area contributed by atoms with Crippen LogP contribution in [0.1, 0.15) is 77.6 Å². The zero-order valence-corrected chi connectivity index (χ0v) is 34.0. The molecule has 0 bridgehead atoms. The van der Waals surface area contributed by atoms with Gasteiger partial charge in [-0.2, -0.15) is 0 Å². The fourth-order valence-electron chi connectivity index (χ4n) is 5.14. The van der Waals surface area contributed by atoms with Gasteiger partial charge in [0.15, 0.2) is 0 Å². The molecule has 0 aromatic heterocycles. The average Bonchev–Trinajstić information content (AvgIpc) is 3.19. The summed E-state index contributed by atoms with van der Waals surface area (Å²) >= 11 is 0. The molecule has 17 heteroatoms. The van der Waals surface area contributed by atoms with Crippen molar-refractivity contribution in [3.63, 3.8) is 0 Å². The zero-order chi connectivity index (χ0) is 40.4. The number of non-ortho nitro benzene ring substituents is 1. The highest BCUT2D eigenvalue weighted by molar-refractivity contribution is 5.65. The Labute approximate surface area is 333 Å². The van der Waals surface area contributed by atoms with Gasteiger partial charge in [-0.15, -0.1) is 0 Å². The van der Waals surface area contributed by atoms with Crippen LogP contribution >= 0.6 is 0 Å². The summed E-state index contributed by atoms with van der Waals surface area (Å²) in [4.78, 5) is 20.6. The Balaban J connectivity index is 1.68. The summed E-state index contributed by atoms with van der Waals surface area (Å²) in [5.74, 6) is 0.